The number of carbonyl (C=O) groups excluding carboxylic acids is 1. The number of methoxy groups -OCH3 is 1. The van der Waals surface area contributed by atoms with Crippen molar-refractivity contribution in [1.82, 2.24) is 14.7 Å². The predicted octanol–water partition coefficient (Wildman–Crippen LogP) is 2.57. The number of ether oxygens (including phenoxy) is 1. The van der Waals surface area contributed by atoms with Crippen molar-refractivity contribution in [2.75, 3.05) is 13.7 Å². The second kappa shape index (κ2) is 6.96. The number of hydrogen-bond acceptors (Lipinski definition) is 3. The Balaban J connectivity index is 1.74. The third kappa shape index (κ3) is 3.45. The quantitative estimate of drug-likeness (QED) is 0.852. The third-order valence-corrected chi connectivity index (χ3v) is 4.38. The summed E-state index contributed by atoms with van der Waals surface area (Å²) in [4.78, 5) is 14.9. The third-order valence-electron chi connectivity index (χ3n) is 4.38. The molecule has 0 radical (unpaired) electrons. The van der Waals surface area contributed by atoms with Crippen LogP contribution in [0.3, 0.4) is 0 Å². The highest BCUT2D eigenvalue weighted by Crippen LogP contribution is 2.26. The van der Waals surface area contributed by atoms with Crippen molar-refractivity contribution in [3.63, 3.8) is 0 Å². The van der Waals surface area contributed by atoms with E-state index < -0.39 is 6.10 Å². The Labute approximate surface area is 136 Å². The van der Waals surface area contributed by atoms with Gasteiger partial charge in [-0.3, -0.25) is 9.48 Å². The van der Waals surface area contributed by atoms with Gasteiger partial charge in [0.15, 0.2) is 6.10 Å². The molecule has 1 saturated heterocycles. The number of aromatic nitrogens is 2. The minimum Gasteiger partial charge on any atom is -0.367 e. The van der Waals surface area contributed by atoms with Gasteiger partial charge in [-0.05, 0) is 30.9 Å². The number of hydrogen-bond donors (Lipinski definition) is 0. The second-order valence-electron chi connectivity index (χ2n) is 6.09. The van der Waals surface area contributed by atoms with Gasteiger partial charge in [0, 0.05) is 19.9 Å². The van der Waals surface area contributed by atoms with E-state index in [4.69, 9.17) is 4.74 Å². The zero-order valence-electron chi connectivity index (χ0n) is 13.7. The van der Waals surface area contributed by atoms with E-state index in [1.807, 2.05) is 59.2 Å². The number of nitrogens with zero attached hydrogens (tertiary/aromatic N) is 3. The Kier molecular flexibility index (Phi) is 4.76. The molecule has 0 spiro atoms. The van der Waals surface area contributed by atoms with Gasteiger partial charge < -0.3 is 9.64 Å². The van der Waals surface area contributed by atoms with Crippen LogP contribution >= 0.6 is 0 Å². The Bertz CT molecular complexity index is 653. The van der Waals surface area contributed by atoms with Crippen molar-refractivity contribution in [1.29, 1.82) is 0 Å². The molecule has 0 N–H and O–H groups in total. The van der Waals surface area contributed by atoms with Crippen LogP contribution in [0, 0.1) is 6.92 Å². The summed E-state index contributed by atoms with van der Waals surface area (Å²) in [5.41, 5.74) is 2.04. The van der Waals surface area contributed by atoms with Gasteiger partial charge in [0.25, 0.3) is 5.91 Å². The summed E-state index contributed by atoms with van der Waals surface area (Å²) in [6.07, 6.45) is 5.38. The molecule has 5 nitrogen and oxygen atoms in total. The first-order valence-electron chi connectivity index (χ1n) is 8.06. The van der Waals surface area contributed by atoms with Crippen molar-refractivity contribution in [2.24, 2.45) is 0 Å². The molecule has 0 bridgehead atoms. The van der Waals surface area contributed by atoms with Gasteiger partial charge in [-0.1, -0.05) is 30.3 Å². The molecule has 2 aromatic rings. The maximum Gasteiger partial charge on any atom is 0.256 e. The molecule has 2 heterocycles. The van der Waals surface area contributed by atoms with E-state index in [0.29, 0.717) is 0 Å². The molecule has 1 aliphatic heterocycles. The molecule has 0 aliphatic carbocycles. The monoisotopic (exact) mass is 313 g/mol. The van der Waals surface area contributed by atoms with Crippen LogP contribution in [0.2, 0.25) is 0 Å². The van der Waals surface area contributed by atoms with Gasteiger partial charge in [0.2, 0.25) is 0 Å². The van der Waals surface area contributed by atoms with Crippen LogP contribution in [0.4, 0.5) is 0 Å². The normalized spacial score (nSPS) is 19.0. The fourth-order valence-electron chi connectivity index (χ4n) is 3.26. The maximum atomic E-state index is 13.0. The lowest BCUT2D eigenvalue weighted by atomic mass is 10.1. The van der Waals surface area contributed by atoms with Gasteiger partial charge in [0.05, 0.1) is 18.8 Å². The molecule has 5 heteroatoms. The van der Waals surface area contributed by atoms with Crippen LogP contribution in [0.5, 0.6) is 0 Å². The predicted molar refractivity (Wildman–Crippen MR) is 87.9 cm³/mol. The van der Waals surface area contributed by atoms with E-state index in [-0.39, 0.29) is 11.9 Å². The smallest absolute Gasteiger partial charge is 0.256 e. The van der Waals surface area contributed by atoms with E-state index >= 15 is 0 Å². The maximum absolute atomic E-state index is 13.0. The van der Waals surface area contributed by atoms with Crippen molar-refractivity contribution in [3.05, 3.63) is 53.9 Å². The molecule has 3 rings (SSSR count). The van der Waals surface area contributed by atoms with E-state index in [0.717, 1.165) is 37.1 Å². The van der Waals surface area contributed by atoms with Crippen LogP contribution < -0.4 is 0 Å². The highest BCUT2D eigenvalue weighted by atomic mass is 16.5. The lowest BCUT2D eigenvalue weighted by Gasteiger charge is -2.28. The number of amides is 1. The number of likely N-dealkylation sites (tertiary alicyclic amines) is 1. The van der Waals surface area contributed by atoms with E-state index in [2.05, 4.69) is 5.10 Å². The van der Waals surface area contributed by atoms with Gasteiger partial charge in [-0.25, -0.2) is 0 Å². The van der Waals surface area contributed by atoms with E-state index in [1.54, 1.807) is 7.11 Å². The zero-order chi connectivity index (χ0) is 16.2. The average molecular weight is 313 g/mol. The first-order valence-corrected chi connectivity index (χ1v) is 8.06. The summed E-state index contributed by atoms with van der Waals surface area (Å²) in [7, 11) is 1.59. The largest absolute Gasteiger partial charge is 0.367 e. The number of rotatable bonds is 5. The molecule has 1 amide bonds. The van der Waals surface area contributed by atoms with Gasteiger partial charge in [-0.15, -0.1) is 0 Å². The fourth-order valence-corrected chi connectivity index (χ4v) is 3.26. The molecule has 122 valence electrons. The van der Waals surface area contributed by atoms with Crippen molar-refractivity contribution >= 4 is 5.91 Å². The SMILES string of the molecule is CO[C@H](C(=O)N1CCC[C@@H]1Cn1cc(C)cn1)c1ccccc1. The van der Waals surface area contributed by atoms with Crippen LogP contribution in [0.25, 0.3) is 0 Å². The summed E-state index contributed by atoms with van der Waals surface area (Å²) in [6.45, 7) is 3.55. The Morgan fingerprint density at radius 3 is 2.83 bits per heavy atom. The summed E-state index contributed by atoms with van der Waals surface area (Å²) in [5.74, 6) is 0.0464. The summed E-state index contributed by atoms with van der Waals surface area (Å²) in [6, 6.07) is 9.87. The molecule has 0 saturated carbocycles. The topological polar surface area (TPSA) is 47.4 Å². The number of carbonyl (C=O) groups is 1. The first-order chi connectivity index (χ1) is 11.2. The molecule has 1 fully saturated rings. The molecule has 1 aromatic heterocycles. The van der Waals surface area contributed by atoms with Gasteiger partial charge >= 0.3 is 0 Å². The molecular formula is C18H23N3O2. The lowest BCUT2D eigenvalue weighted by molar-refractivity contribution is -0.143. The second-order valence-corrected chi connectivity index (χ2v) is 6.09. The molecule has 23 heavy (non-hydrogen) atoms. The Morgan fingerprint density at radius 1 is 1.39 bits per heavy atom. The van der Waals surface area contributed by atoms with Crippen molar-refractivity contribution in [2.45, 2.75) is 38.5 Å². The minimum atomic E-state index is -0.531. The summed E-state index contributed by atoms with van der Waals surface area (Å²) < 4.78 is 7.43. The standard InChI is InChI=1S/C18H23N3O2/c1-14-11-19-20(12-14)13-16-9-6-10-21(16)18(22)17(23-2)15-7-4-3-5-8-15/h3-5,7-8,11-12,16-17H,6,9-10,13H2,1-2H3/t16-,17+/m1/s1. The Morgan fingerprint density at radius 2 is 2.17 bits per heavy atom. The van der Waals surface area contributed by atoms with Crippen LogP contribution in [-0.4, -0.2) is 40.3 Å². The van der Waals surface area contributed by atoms with Crippen LogP contribution in [0.15, 0.2) is 42.7 Å². The van der Waals surface area contributed by atoms with Crippen LogP contribution in [0.1, 0.15) is 30.1 Å². The number of benzene rings is 1. The fraction of sp³-hybridized carbons (Fsp3) is 0.444. The summed E-state index contributed by atoms with van der Waals surface area (Å²) in [5, 5.41) is 4.34. The molecule has 2 atom stereocenters. The summed E-state index contributed by atoms with van der Waals surface area (Å²) >= 11 is 0. The molecular weight excluding hydrogens is 290 g/mol. The van der Waals surface area contributed by atoms with Crippen LogP contribution in [-0.2, 0) is 16.1 Å². The molecule has 0 unspecified atom stereocenters. The lowest BCUT2D eigenvalue weighted by Crippen LogP contribution is -2.41. The van der Waals surface area contributed by atoms with E-state index in [9.17, 15) is 4.79 Å². The van der Waals surface area contributed by atoms with Crippen molar-refractivity contribution in [3.8, 4) is 0 Å². The number of aryl methyl sites for hydroxylation is 1. The van der Waals surface area contributed by atoms with Gasteiger partial charge in [-0.2, -0.15) is 5.10 Å². The average Bonchev–Trinajstić information content (AvgIpc) is 3.18. The highest BCUT2D eigenvalue weighted by Gasteiger charge is 2.34. The highest BCUT2D eigenvalue weighted by molar-refractivity contribution is 5.82. The molecule has 1 aromatic carbocycles. The molecule has 1 aliphatic rings. The van der Waals surface area contributed by atoms with E-state index in [1.165, 1.54) is 0 Å². The minimum absolute atomic E-state index is 0.0464. The zero-order valence-corrected chi connectivity index (χ0v) is 13.7. The van der Waals surface area contributed by atoms with Crippen molar-refractivity contribution < 1.29 is 9.53 Å². The Hall–Kier alpha value is -2.14. The first kappa shape index (κ1) is 15.7. The van der Waals surface area contributed by atoms with Gasteiger partial charge in [0.1, 0.15) is 0 Å².